The predicted octanol–water partition coefficient (Wildman–Crippen LogP) is 4.01. The van der Waals surface area contributed by atoms with Crippen LogP contribution in [-0.4, -0.2) is 16.6 Å². The molecule has 0 unspecified atom stereocenters. The standard InChI is InChI=1S/C14H11F2N3O3S/c15-13(16)22-12-7-3-10(4-8-12)18-14(23)17-9-1-5-11(6-2-9)19(20)21/h1-8,13H,(H2,17,18,23). The summed E-state index contributed by atoms with van der Waals surface area (Å²) in [7, 11) is 0. The Kier molecular flexibility index (Phi) is 5.36. The second kappa shape index (κ2) is 7.45. The Morgan fingerprint density at radius 1 is 1.04 bits per heavy atom. The van der Waals surface area contributed by atoms with Crippen LogP contribution in [0, 0.1) is 10.1 Å². The molecule has 2 rings (SSSR count). The quantitative estimate of drug-likeness (QED) is 0.487. The van der Waals surface area contributed by atoms with Gasteiger partial charge in [-0.05, 0) is 48.6 Å². The number of thiocarbonyl (C=S) groups is 1. The maximum atomic E-state index is 12.0. The van der Waals surface area contributed by atoms with Gasteiger partial charge in [0.2, 0.25) is 0 Å². The van der Waals surface area contributed by atoms with E-state index in [2.05, 4.69) is 15.4 Å². The van der Waals surface area contributed by atoms with Crippen LogP contribution in [0.25, 0.3) is 0 Å². The van der Waals surface area contributed by atoms with E-state index >= 15 is 0 Å². The fraction of sp³-hybridized carbons (Fsp3) is 0.0714. The Morgan fingerprint density at radius 3 is 1.96 bits per heavy atom. The summed E-state index contributed by atoms with van der Waals surface area (Å²) in [5.74, 6) is 0.0415. The van der Waals surface area contributed by atoms with Crippen molar-refractivity contribution in [1.82, 2.24) is 0 Å². The Balaban J connectivity index is 1.92. The third-order valence-electron chi connectivity index (χ3n) is 2.67. The molecule has 0 saturated heterocycles. The van der Waals surface area contributed by atoms with Gasteiger partial charge in [0, 0.05) is 23.5 Å². The van der Waals surface area contributed by atoms with Gasteiger partial charge in [0.05, 0.1) is 4.92 Å². The van der Waals surface area contributed by atoms with Gasteiger partial charge in [0.15, 0.2) is 5.11 Å². The summed E-state index contributed by atoms with van der Waals surface area (Å²) in [5, 5.41) is 16.5. The molecule has 0 aliphatic heterocycles. The number of nitro groups is 1. The van der Waals surface area contributed by atoms with Crippen LogP contribution >= 0.6 is 12.2 Å². The van der Waals surface area contributed by atoms with Gasteiger partial charge in [-0.2, -0.15) is 8.78 Å². The molecule has 0 saturated carbocycles. The normalized spacial score (nSPS) is 10.2. The number of anilines is 2. The van der Waals surface area contributed by atoms with Gasteiger partial charge in [-0.1, -0.05) is 0 Å². The van der Waals surface area contributed by atoms with Gasteiger partial charge in [-0.15, -0.1) is 0 Å². The lowest BCUT2D eigenvalue weighted by atomic mass is 10.3. The molecule has 0 heterocycles. The Morgan fingerprint density at radius 2 is 1.52 bits per heavy atom. The summed E-state index contributed by atoms with van der Waals surface area (Å²) in [4.78, 5) is 10.1. The second-order valence-corrected chi connectivity index (χ2v) is 4.69. The number of halogens is 2. The lowest BCUT2D eigenvalue weighted by Gasteiger charge is -2.11. The molecule has 2 aromatic rings. The zero-order valence-electron chi connectivity index (χ0n) is 11.5. The maximum absolute atomic E-state index is 12.0. The number of nitrogens with one attached hydrogen (secondary N) is 2. The summed E-state index contributed by atoms with van der Waals surface area (Å²) in [6.07, 6.45) is 0. The lowest BCUT2D eigenvalue weighted by molar-refractivity contribution is -0.384. The minimum Gasteiger partial charge on any atom is -0.435 e. The molecule has 120 valence electrons. The Hall–Kier alpha value is -2.81. The number of hydrogen-bond donors (Lipinski definition) is 2. The minimum absolute atomic E-state index is 0.0240. The molecule has 23 heavy (non-hydrogen) atoms. The maximum Gasteiger partial charge on any atom is 0.387 e. The molecule has 6 nitrogen and oxygen atoms in total. The largest absolute Gasteiger partial charge is 0.435 e. The van der Waals surface area contributed by atoms with Crippen molar-refractivity contribution in [2.24, 2.45) is 0 Å². The van der Waals surface area contributed by atoms with Gasteiger partial charge < -0.3 is 15.4 Å². The average Bonchev–Trinajstić information content (AvgIpc) is 2.49. The third-order valence-corrected chi connectivity index (χ3v) is 2.88. The van der Waals surface area contributed by atoms with E-state index in [-0.39, 0.29) is 16.5 Å². The summed E-state index contributed by atoms with van der Waals surface area (Å²) in [6, 6.07) is 11.6. The van der Waals surface area contributed by atoms with Crippen LogP contribution in [0.15, 0.2) is 48.5 Å². The molecule has 0 aliphatic rings. The molecule has 0 bridgehead atoms. The number of benzene rings is 2. The molecule has 0 aliphatic carbocycles. The summed E-state index contributed by atoms with van der Waals surface area (Å²) in [5.41, 5.74) is 1.13. The van der Waals surface area contributed by atoms with Crippen molar-refractivity contribution in [3.8, 4) is 5.75 Å². The Bertz CT molecular complexity index is 693. The first-order valence-corrected chi connectivity index (χ1v) is 6.72. The molecule has 0 amide bonds. The molecule has 0 fully saturated rings. The number of ether oxygens (including phenoxy) is 1. The van der Waals surface area contributed by atoms with Gasteiger partial charge in [-0.3, -0.25) is 10.1 Å². The molecular weight excluding hydrogens is 328 g/mol. The zero-order valence-corrected chi connectivity index (χ0v) is 12.3. The summed E-state index contributed by atoms with van der Waals surface area (Å²) in [6.45, 7) is -2.88. The molecular formula is C14H11F2N3O3S. The smallest absolute Gasteiger partial charge is 0.387 e. The Labute approximate surface area is 135 Å². The monoisotopic (exact) mass is 339 g/mol. The number of nitrogens with zero attached hydrogens (tertiary/aromatic N) is 1. The second-order valence-electron chi connectivity index (χ2n) is 4.29. The molecule has 0 atom stereocenters. The third kappa shape index (κ3) is 5.15. The molecule has 2 aromatic carbocycles. The summed E-state index contributed by atoms with van der Waals surface area (Å²) < 4.78 is 28.3. The van der Waals surface area contributed by atoms with Gasteiger partial charge in [0.1, 0.15) is 5.75 Å². The van der Waals surface area contributed by atoms with Crippen LogP contribution in [0.2, 0.25) is 0 Å². The highest BCUT2D eigenvalue weighted by molar-refractivity contribution is 7.80. The van der Waals surface area contributed by atoms with E-state index in [9.17, 15) is 18.9 Å². The molecule has 0 radical (unpaired) electrons. The SMILES string of the molecule is O=[N+]([O-])c1ccc(NC(=S)Nc2ccc(OC(F)F)cc2)cc1. The molecule has 0 spiro atoms. The highest BCUT2D eigenvalue weighted by Gasteiger charge is 2.06. The predicted molar refractivity (Wildman–Crippen MR) is 86.0 cm³/mol. The van der Waals surface area contributed by atoms with Crippen LogP contribution in [0.1, 0.15) is 0 Å². The molecule has 2 N–H and O–H groups in total. The minimum atomic E-state index is -2.88. The number of non-ortho nitro benzene ring substituents is 1. The number of rotatable bonds is 5. The highest BCUT2D eigenvalue weighted by atomic mass is 32.1. The van der Waals surface area contributed by atoms with Crippen molar-refractivity contribution in [3.63, 3.8) is 0 Å². The number of alkyl halides is 2. The van der Waals surface area contributed by atoms with Gasteiger partial charge >= 0.3 is 6.61 Å². The van der Waals surface area contributed by atoms with Crippen LogP contribution in [-0.2, 0) is 0 Å². The molecule has 9 heteroatoms. The first-order valence-electron chi connectivity index (χ1n) is 6.31. The fourth-order valence-electron chi connectivity index (χ4n) is 1.68. The van der Waals surface area contributed by atoms with Crippen LogP contribution in [0.3, 0.4) is 0 Å². The van der Waals surface area contributed by atoms with E-state index in [4.69, 9.17) is 12.2 Å². The van der Waals surface area contributed by atoms with Crippen molar-refractivity contribution >= 4 is 34.4 Å². The fourth-order valence-corrected chi connectivity index (χ4v) is 1.92. The number of hydrogen-bond acceptors (Lipinski definition) is 4. The highest BCUT2D eigenvalue weighted by Crippen LogP contribution is 2.19. The zero-order chi connectivity index (χ0) is 16.8. The number of nitro benzene ring substituents is 1. The topological polar surface area (TPSA) is 76.4 Å². The van der Waals surface area contributed by atoms with E-state index in [1.54, 1.807) is 0 Å². The first-order chi connectivity index (χ1) is 10.9. The molecule has 0 aromatic heterocycles. The van der Waals surface area contributed by atoms with Crippen molar-refractivity contribution in [3.05, 3.63) is 58.6 Å². The van der Waals surface area contributed by atoms with Crippen molar-refractivity contribution < 1.29 is 18.4 Å². The van der Waals surface area contributed by atoms with Crippen molar-refractivity contribution in [2.45, 2.75) is 6.61 Å². The van der Waals surface area contributed by atoms with Gasteiger partial charge in [-0.25, -0.2) is 0 Å². The van der Waals surface area contributed by atoms with E-state index in [0.717, 1.165) is 0 Å². The van der Waals surface area contributed by atoms with E-state index in [0.29, 0.717) is 11.4 Å². The van der Waals surface area contributed by atoms with Crippen molar-refractivity contribution in [2.75, 3.05) is 10.6 Å². The van der Waals surface area contributed by atoms with Crippen LogP contribution in [0.4, 0.5) is 25.8 Å². The van der Waals surface area contributed by atoms with E-state index < -0.39 is 11.5 Å². The summed E-state index contributed by atoms with van der Waals surface area (Å²) >= 11 is 5.10. The first kappa shape index (κ1) is 16.6. The lowest BCUT2D eigenvalue weighted by Crippen LogP contribution is -2.18. The van der Waals surface area contributed by atoms with E-state index in [1.165, 1.54) is 48.5 Å². The van der Waals surface area contributed by atoms with Crippen molar-refractivity contribution in [1.29, 1.82) is 0 Å². The average molecular weight is 339 g/mol. The van der Waals surface area contributed by atoms with Gasteiger partial charge in [0.25, 0.3) is 5.69 Å². The van der Waals surface area contributed by atoms with Crippen LogP contribution < -0.4 is 15.4 Å². The van der Waals surface area contributed by atoms with Crippen LogP contribution in [0.5, 0.6) is 5.75 Å². The van der Waals surface area contributed by atoms with E-state index in [1.807, 2.05) is 0 Å².